The molecular weight excluding hydrogens is 279 g/mol. The van der Waals surface area contributed by atoms with E-state index in [0.29, 0.717) is 21.5 Å². The molecule has 0 saturated carbocycles. The normalized spacial score (nSPS) is 12.4. The number of aliphatic hydroxyl groups is 1. The summed E-state index contributed by atoms with van der Waals surface area (Å²) in [6.45, 7) is 1.59. The number of benzene rings is 1. The average molecular weight is 293 g/mol. The van der Waals surface area contributed by atoms with Gasteiger partial charge in [-0.1, -0.05) is 0 Å². The molecule has 1 atom stereocenters. The topological polar surface area (TPSA) is 38.7 Å². The Hall–Kier alpha value is -0.810. The van der Waals surface area contributed by atoms with E-state index in [1.54, 1.807) is 6.92 Å². The molecule has 3 nitrogen and oxygen atoms in total. The van der Waals surface area contributed by atoms with Crippen LogP contribution in [0.4, 0.5) is 4.39 Å². The molecule has 5 heteroatoms. The van der Waals surface area contributed by atoms with Crippen molar-refractivity contribution in [2.24, 2.45) is 0 Å². The molecular formula is C11H14BrFO3. The number of aliphatic hydroxyl groups excluding tert-OH is 1. The quantitative estimate of drug-likeness (QED) is 0.927. The van der Waals surface area contributed by atoms with Gasteiger partial charge in [-0.25, -0.2) is 4.39 Å². The van der Waals surface area contributed by atoms with Crippen molar-refractivity contribution >= 4 is 15.9 Å². The summed E-state index contributed by atoms with van der Waals surface area (Å²) in [5.41, 5.74) is 0.309. The minimum absolute atomic E-state index is 0.171. The van der Waals surface area contributed by atoms with Crippen LogP contribution < -0.4 is 9.47 Å². The zero-order valence-electron chi connectivity index (χ0n) is 9.38. The summed E-state index contributed by atoms with van der Waals surface area (Å²) >= 11 is 3.10. The van der Waals surface area contributed by atoms with Gasteiger partial charge in [0.25, 0.3) is 0 Å². The summed E-state index contributed by atoms with van der Waals surface area (Å²) in [4.78, 5) is 0. The molecule has 1 unspecified atom stereocenters. The molecule has 0 aliphatic carbocycles. The zero-order chi connectivity index (χ0) is 12.3. The van der Waals surface area contributed by atoms with Crippen LogP contribution in [0.5, 0.6) is 11.5 Å². The lowest BCUT2D eigenvalue weighted by molar-refractivity contribution is 0.192. The van der Waals surface area contributed by atoms with Crippen molar-refractivity contribution in [3.8, 4) is 11.5 Å². The van der Waals surface area contributed by atoms with Gasteiger partial charge in [-0.2, -0.15) is 0 Å². The maximum atomic E-state index is 13.8. The SMILES string of the molecule is COc1cc(Br)c(F)c(CC(C)O)c1OC. The van der Waals surface area contributed by atoms with Crippen molar-refractivity contribution in [3.05, 3.63) is 21.9 Å². The average Bonchev–Trinajstić information content (AvgIpc) is 2.23. The molecule has 1 rings (SSSR count). The Bertz CT molecular complexity index is 380. The van der Waals surface area contributed by atoms with Gasteiger partial charge in [0.2, 0.25) is 0 Å². The van der Waals surface area contributed by atoms with Crippen LogP contribution in [-0.2, 0) is 6.42 Å². The van der Waals surface area contributed by atoms with Crippen molar-refractivity contribution in [2.75, 3.05) is 14.2 Å². The first-order valence-corrected chi connectivity index (χ1v) is 5.57. The minimum atomic E-state index is -0.651. The van der Waals surface area contributed by atoms with E-state index in [4.69, 9.17) is 9.47 Å². The van der Waals surface area contributed by atoms with Crippen LogP contribution in [-0.4, -0.2) is 25.4 Å². The summed E-state index contributed by atoms with van der Waals surface area (Å²) in [6.07, 6.45) is -0.479. The van der Waals surface area contributed by atoms with Gasteiger partial charge in [-0.05, 0) is 22.9 Å². The molecule has 0 saturated heterocycles. The predicted molar refractivity (Wildman–Crippen MR) is 62.6 cm³/mol. The summed E-state index contributed by atoms with van der Waals surface area (Å²) < 4.78 is 24.3. The number of hydrogen-bond acceptors (Lipinski definition) is 3. The Kier molecular flexibility index (Phi) is 4.56. The highest BCUT2D eigenvalue weighted by atomic mass is 79.9. The van der Waals surface area contributed by atoms with Crippen molar-refractivity contribution in [1.82, 2.24) is 0 Å². The van der Waals surface area contributed by atoms with Crippen LogP contribution in [0.3, 0.4) is 0 Å². The molecule has 90 valence electrons. The molecule has 0 radical (unpaired) electrons. The third-order valence-electron chi connectivity index (χ3n) is 2.15. The Morgan fingerprint density at radius 2 is 2.06 bits per heavy atom. The molecule has 0 fully saturated rings. The van der Waals surface area contributed by atoms with Gasteiger partial charge in [0.05, 0.1) is 24.8 Å². The van der Waals surface area contributed by atoms with Gasteiger partial charge in [-0.3, -0.25) is 0 Å². The van der Waals surface area contributed by atoms with Crippen LogP contribution in [0.1, 0.15) is 12.5 Å². The molecule has 0 aromatic heterocycles. The third-order valence-corrected chi connectivity index (χ3v) is 2.73. The number of ether oxygens (including phenoxy) is 2. The van der Waals surface area contributed by atoms with Crippen LogP contribution in [0.15, 0.2) is 10.5 Å². The summed E-state index contributed by atoms with van der Waals surface area (Å²) in [5.74, 6) is 0.328. The monoisotopic (exact) mass is 292 g/mol. The van der Waals surface area contributed by atoms with Crippen molar-refractivity contribution < 1.29 is 19.0 Å². The Labute approximate surface area is 102 Å². The zero-order valence-corrected chi connectivity index (χ0v) is 11.0. The molecule has 16 heavy (non-hydrogen) atoms. The molecule has 0 amide bonds. The van der Waals surface area contributed by atoms with E-state index in [1.807, 2.05) is 0 Å². The standard InChI is InChI=1S/C11H14BrFO3/c1-6(14)4-7-10(13)8(12)5-9(15-2)11(7)16-3/h5-6,14H,4H2,1-3H3. The first-order chi connectivity index (χ1) is 7.51. The summed E-state index contributed by atoms with van der Waals surface area (Å²) in [6, 6.07) is 1.50. The molecule has 0 aliphatic rings. The Morgan fingerprint density at radius 1 is 1.44 bits per heavy atom. The van der Waals surface area contributed by atoms with Gasteiger partial charge in [0, 0.05) is 18.1 Å². The predicted octanol–water partition coefficient (Wildman–Crippen LogP) is 2.53. The van der Waals surface area contributed by atoms with Crippen LogP contribution in [0.2, 0.25) is 0 Å². The lowest BCUT2D eigenvalue weighted by atomic mass is 10.1. The fourth-order valence-corrected chi connectivity index (χ4v) is 1.94. The largest absolute Gasteiger partial charge is 0.493 e. The number of methoxy groups -OCH3 is 2. The second-order valence-electron chi connectivity index (χ2n) is 3.44. The first-order valence-electron chi connectivity index (χ1n) is 4.78. The van der Waals surface area contributed by atoms with Crippen LogP contribution in [0, 0.1) is 5.82 Å². The van der Waals surface area contributed by atoms with Gasteiger partial charge in [0.15, 0.2) is 11.5 Å². The van der Waals surface area contributed by atoms with Crippen molar-refractivity contribution in [1.29, 1.82) is 0 Å². The molecule has 0 spiro atoms. The fourth-order valence-electron chi connectivity index (χ4n) is 1.49. The Balaban J connectivity index is 3.34. The number of rotatable bonds is 4. The highest BCUT2D eigenvalue weighted by Crippen LogP contribution is 2.37. The van der Waals surface area contributed by atoms with E-state index in [2.05, 4.69) is 15.9 Å². The molecule has 1 aromatic rings. The summed E-state index contributed by atoms with van der Waals surface area (Å²) in [7, 11) is 2.92. The number of hydrogen-bond donors (Lipinski definition) is 1. The summed E-state index contributed by atoms with van der Waals surface area (Å²) in [5, 5.41) is 9.33. The number of halogens is 2. The fraction of sp³-hybridized carbons (Fsp3) is 0.455. The van der Waals surface area contributed by atoms with E-state index in [1.165, 1.54) is 20.3 Å². The smallest absolute Gasteiger partial charge is 0.167 e. The highest BCUT2D eigenvalue weighted by Gasteiger charge is 2.19. The van der Waals surface area contributed by atoms with Gasteiger partial charge >= 0.3 is 0 Å². The van der Waals surface area contributed by atoms with Crippen molar-refractivity contribution in [3.63, 3.8) is 0 Å². The van der Waals surface area contributed by atoms with E-state index in [0.717, 1.165) is 0 Å². The van der Waals surface area contributed by atoms with E-state index in [9.17, 15) is 9.50 Å². The lowest BCUT2D eigenvalue weighted by Crippen LogP contribution is -2.09. The van der Waals surface area contributed by atoms with Crippen LogP contribution >= 0.6 is 15.9 Å². The third kappa shape index (κ3) is 2.65. The van der Waals surface area contributed by atoms with Gasteiger partial charge in [-0.15, -0.1) is 0 Å². The lowest BCUT2D eigenvalue weighted by Gasteiger charge is -2.15. The second kappa shape index (κ2) is 5.50. The van der Waals surface area contributed by atoms with Crippen LogP contribution in [0.25, 0.3) is 0 Å². The molecule has 0 aliphatic heterocycles. The second-order valence-corrected chi connectivity index (χ2v) is 4.29. The van der Waals surface area contributed by atoms with Gasteiger partial charge < -0.3 is 14.6 Å². The van der Waals surface area contributed by atoms with E-state index in [-0.39, 0.29) is 6.42 Å². The van der Waals surface area contributed by atoms with Gasteiger partial charge in [0.1, 0.15) is 5.82 Å². The Morgan fingerprint density at radius 3 is 2.50 bits per heavy atom. The van der Waals surface area contributed by atoms with E-state index < -0.39 is 11.9 Å². The van der Waals surface area contributed by atoms with Crippen molar-refractivity contribution in [2.45, 2.75) is 19.4 Å². The molecule has 1 N–H and O–H groups in total. The first kappa shape index (κ1) is 13.3. The minimum Gasteiger partial charge on any atom is -0.493 e. The maximum Gasteiger partial charge on any atom is 0.167 e. The molecule has 0 bridgehead atoms. The molecule has 1 aromatic carbocycles. The maximum absolute atomic E-state index is 13.8. The van der Waals surface area contributed by atoms with E-state index >= 15 is 0 Å². The molecule has 0 heterocycles. The highest BCUT2D eigenvalue weighted by molar-refractivity contribution is 9.10.